The van der Waals surface area contributed by atoms with Crippen molar-refractivity contribution >= 4 is 11.6 Å². The zero-order valence-corrected chi connectivity index (χ0v) is 18.9. The molecule has 0 saturated heterocycles. The number of nitrogens with zero attached hydrogens (tertiary/aromatic N) is 2. The van der Waals surface area contributed by atoms with Gasteiger partial charge in [-0.1, -0.05) is 44.2 Å². The summed E-state index contributed by atoms with van der Waals surface area (Å²) in [6, 6.07) is 17.5. The summed E-state index contributed by atoms with van der Waals surface area (Å²) in [4.78, 5) is 20.1. The van der Waals surface area contributed by atoms with Gasteiger partial charge in [0.2, 0.25) is 11.8 Å². The molecule has 2 aromatic carbocycles. The van der Waals surface area contributed by atoms with E-state index in [-0.39, 0.29) is 17.6 Å². The monoisotopic (exact) mass is 430 g/mol. The fraction of sp³-hybridized carbons (Fsp3) is 0.333. The SMILES string of the molecule is COc1ccc(CN(C(=O)C2CCCc3c(O)cccc32)c2ccc(C(C)C)cc2)cn1. The van der Waals surface area contributed by atoms with E-state index in [4.69, 9.17) is 4.74 Å². The Kier molecular flexibility index (Phi) is 6.45. The molecule has 1 heterocycles. The van der Waals surface area contributed by atoms with Crippen LogP contribution in [0.4, 0.5) is 5.69 Å². The van der Waals surface area contributed by atoms with Gasteiger partial charge in [-0.15, -0.1) is 0 Å². The number of aromatic hydroxyl groups is 1. The number of carbonyl (C=O) groups is 1. The van der Waals surface area contributed by atoms with Crippen molar-refractivity contribution in [2.24, 2.45) is 0 Å². The Labute approximate surface area is 189 Å². The summed E-state index contributed by atoms with van der Waals surface area (Å²) in [5.74, 6) is 1.02. The minimum atomic E-state index is -0.276. The van der Waals surface area contributed by atoms with Crippen molar-refractivity contribution in [2.45, 2.75) is 51.5 Å². The van der Waals surface area contributed by atoms with Crippen LogP contribution in [0.25, 0.3) is 0 Å². The highest BCUT2D eigenvalue weighted by Gasteiger charge is 2.32. The molecule has 3 aromatic rings. The van der Waals surface area contributed by atoms with E-state index in [0.29, 0.717) is 18.3 Å². The first kappa shape index (κ1) is 21.9. The molecule has 1 unspecified atom stereocenters. The lowest BCUT2D eigenvalue weighted by atomic mass is 9.81. The number of benzene rings is 2. The van der Waals surface area contributed by atoms with Crippen LogP contribution in [0.5, 0.6) is 11.6 Å². The van der Waals surface area contributed by atoms with Crippen LogP contribution >= 0.6 is 0 Å². The van der Waals surface area contributed by atoms with Gasteiger partial charge < -0.3 is 14.7 Å². The van der Waals surface area contributed by atoms with Gasteiger partial charge in [0, 0.05) is 18.0 Å². The first-order chi connectivity index (χ1) is 15.5. The molecule has 32 heavy (non-hydrogen) atoms. The Morgan fingerprint density at radius 2 is 1.94 bits per heavy atom. The molecule has 0 aliphatic heterocycles. The van der Waals surface area contributed by atoms with Crippen LogP contribution in [0.1, 0.15) is 60.8 Å². The fourth-order valence-corrected chi connectivity index (χ4v) is 4.42. The molecular formula is C27H30N2O3. The van der Waals surface area contributed by atoms with Gasteiger partial charge in [0.25, 0.3) is 0 Å². The minimum absolute atomic E-state index is 0.0460. The lowest BCUT2D eigenvalue weighted by molar-refractivity contribution is -0.120. The summed E-state index contributed by atoms with van der Waals surface area (Å²) in [6.45, 7) is 4.74. The summed E-state index contributed by atoms with van der Waals surface area (Å²) >= 11 is 0. The van der Waals surface area contributed by atoms with Crippen LogP contribution in [-0.4, -0.2) is 23.1 Å². The van der Waals surface area contributed by atoms with Gasteiger partial charge in [0.1, 0.15) is 5.75 Å². The molecule has 1 N–H and O–H groups in total. The van der Waals surface area contributed by atoms with Crippen molar-refractivity contribution in [2.75, 3.05) is 12.0 Å². The molecule has 1 aliphatic carbocycles. The summed E-state index contributed by atoms with van der Waals surface area (Å²) in [5.41, 5.74) is 4.87. The van der Waals surface area contributed by atoms with Gasteiger partial charge >= 0.3 is 0 Å². The van der Waals surface area contributed by atoms with Gasteiger partial charge in [0.05, 0.1) is 19.6 Å². The molecule has 0 spiro atoms. The van der Waals surface area contributed by atoms with E-state index in [2.05, 4.69) is 31.0 Å². The number of hydrogen-bond acceptors (Lipinski definition) is 4. The first-order valence-electron chi connectivity index (χ1n) is 11.2. The highest BCUT2D eigenvalue weighted by molar-refractivity contribution is 5.98. The zero-order chi connectivity index (χ0) is 22.7. The molecule has 0 radical (unpaired) electrons. The molecule has 1 aromatic heterocycles. The maximum atomic E-state index is 13.9. The number of phenolic OH excluding ortho intramolecular Hbond substituents is 1. The molecule has 5 nitrogen and oxygen atoms in total. The molecule has 1 aliphatic rings. The van der Waals surface area contributed by atoms with E-state index in [1.807, 2.05) is 41.3 Å². The van der Waals surface area contributed by atoms with Crippen molar-refractivity contribution < 1.29 is 14.6 Å². The van der Waals surface area contributed by atoms with Crippen LogP contribution in [-0.2, 0) is 17.8 Å². The third-order valence-corrected chi connectivity index (χ3v) is 6.27. The number of rotatable bonds is 6. The number of aromatic nitrogens is 1. The quantitative estimate of drug-likeness (QED) is 0.555. The molecular weight excluding hydrogens is 400 g/mol. The number of amides is 1. The maximum absolute atomic E-state index is 13.9. The number of carbonyl (C=O) groups excluding carboxylic acids is 1. The topological polar surface area (TPSA) is 62.7 Å². The van der Waals surface area contributed by atoms with Crippen LogP contribution in [0, 0.1) is 0 Å². The predicted octanol–water partition coefficient (Wildman–Crippen LogP) is 5.57. The van der Waals surface area contributed by atoms with E-state index >= 15 is 0 Å². The second-order valence-corrected chi connectivity index (χ2v) is 8.67. The highest BCUT2D eigenvalue weighted by atomic mass is 16.5. The number of methoxy groups -OCH3 is 1. The second kappa shape index (κ2) is 9.43. The number of hydrogen-bond donors (Lipinski definition) is 1. The predicted molar refractivity (Wildman–Crippen MR) is 126 cm³/mol. The molecule has 1 atom stereocenters. The summed E-state index contributed by atoms with van der Waals surface area (Å²) < 4.78 is 5.17. The Balaban J connectivity index is 1.70. The number of fused-ring (bicyclic) bond motifs is 1. The van der Waals surface area contributed by atoms with Gasteiger partial charge in [0.15, 0.2) is 0 Å². The minimum Gasteiger partial charge on any atom is -0.508 e. The summed E-state index contributed by atoms with van der Waals surface area (Å²) in [6.07, 6.45) is 4.21. The van der Waals surface area contributed by atoms with E-state index in [1.165, 1.54) is 5.56 Å². The van der Waals surface area contributed by atoms with Crippen molar-refractivity contribution in [3.05, 3.63) is 83.0 Å². The average molecular weight is 431 g/mol. The number of ether oxygens (including phenoxy) is 1. The van der Waals surface area contributed by atoms with E-state index < -0.39 is 0 Å². The lowest BCUT2D eigenvalue weighted by Gasteiger charge is -2.31. The second-order valence-electron chi connectivity index (χ2n) is 8.67. The van der Waals surface area contributed by atoms with E-state index in [0.717, 1.165) is 41.6 Å². The average Bonchev–Trinajstić information content (AvgIpc) is 2.82. The molecule has 4 rings (SSSR count). The van der Waals surface area contributed by atoms with E-state index in [1.54, 1.807) is 19.4 Å². The standard InChI is InChI=1S/C27H30N2O3/c1-18(2)20-11-13-21(14-12-20)29(17-19-10-15-26(32-3)28-16-19)27(31)24-8-4-7-23-22(24)6-5-9-25(23)30/h5-6,9-16,18,24,30H,4,7-8,17H2,1-3H3. The number of pyridine rings is 1. The molecule has 5 heteroatoms. The van der Waals surface area contributed by atoms with Crippen molar-refractivity contribution in [1.29, 1.82) is 0 Å². The maximum Gasteiger partial charge on any atom is 0.234 e. The van der Waals surface area contributed by atoms with E-state index in [9.17, 15) is 9.90 Å². The smallest absolute Gasteiger partial charge is 0.234 e. The number of anilines is 1. The van der Waals surface area contributed by atoms with Crippen LogP contribution in [0.15, 0.2) is 60.8 Å². The molecule has 1 amide bonds. The normalized spacial score (nSPS) is 15.3. The highest BCUT2D eigenvalue weighted by Crippen LogP contribution is 2.38. The van der Waals surface area contributed by atoms with Gasteiger partial charge in [-0.3, -0.25) is 4.79 Å². The van der Waals surface area contributed by atoms with Crippen molar-refractivity contribution in [3.8, 4) is 11.6 Å². The Morgan fingerprint density at radius 3 is 2.59 bits per heavy atom. The van der Waals surface area contributed by atoms with Gasteiger partial charge in [-0.25, -0.2) is 4.98 Å². The third-order valence-electron chi connectivity index (χ3n) is 6.27. The Morgan fingerprint density at radius 1 is 1.16 bits per heavy atom. The number of phenols is 1. The Bertz CT molecular complexity index is 1080. The summed E-state index contributed by atoms with van der Waals surface area (Å²) in [7, 11) is 1.59. The Hall–Kier alpha value is -3.34. The van der Waals surface area contributed by atoms with Gasteiger partial charge in [-0.2, -0.15) is 0 Å². The van der Waals surface area contributed by atoms with Crippen LogP contribution in [0.2, 0.25) is 0 Å². The first-order valence-corrected chi connectivity index (χ1v) is 11.2. The van der Waals surface area contributed by atoms with Crippen LogP contribution < -0.4 is 9.64 Å². The molecule has 0 bridgehead atoms. The molecule has 0 saturated carbocycles. The largest absolute Gasteiger partial charge is 0.508 e. The van der Waals surface area contributed by atoms with Crippen molar-refractivity contribution in [3.63, 3.8) is 0 Å². The lowest BCUT2D eigenvalue weighted by Crippen LogP contribution is -2.36. The van der Waals surface area contributed by atoms with Crippen LogP contribution in [0.3, 0.4) is 0 Å². The zero-order valence-electron chi connectivity index (χ0n) is 18.9. The molecule has 166 valence electrons. The van der Waals surface area contributed by atoms with Gasteiger partial charge in [-0.05, 0) is 65.6 Å². The van der Waals surface area contributed by atoms with Crippen molar-refractivity contribution in [1.82, 2.24) is 4.98 Å². The molecule has 0 fully saturated rings. The fourth-order valence-electron chi connectivity index (χ4n) is 4.42. The summed E-state index contributed by atoms with van der Waals surface area (Å²) in [5, 5.41) is 10.3. The third kappa shape index (κ3) is 4.47.